The molecule has 1 atom stereocenters. The van der Waals surface area contributed by atoms with Crippen LogP contribution in [0.15, 0.2) is 18.2 Å². The molecule has 0 aromatic heterocycles. The zero-order valence-electron chi connectivity index (χ0n) is 10.00. The van der Waals surface area contributed by atoms with E-state index in [2.05, 4.69) is 5.32 Å². The van der Waals surface area contributed by atoms with Gasteiger partial charge in [0.1, 0.15) is 0 Å². The van der Waals surface area contributed by atoms with E-state index in [9.17, 15) is 4.79 Å². The van der Waals surface area contributed by atoms with E-state index in [1.807, 2.05) is 25.3 Å². The molecule has 3 nitrogen and oxygen atoms in total. The predicted molar refractivity (Wildman–Crippen MR) is 75.8 cm³/mol. The van der Waals surface area contributed by atoms with Crippen LogP contribution in [-0.4, -0.2) is 24.0 Å². The van der Waals surface area contributed by atoms with Gasteiger partial charge in [-0.3, -0.25) is 4.79 Å². The molecular weight excluding hydrogens is 256 g/mol. The van der Waals surface area contributed by atoms with Crippen molar-refractivity contribution in [3.05, 3.63) is 28.8 Å². The van der Waals surface area contributed by atoms with Crippen molar-refractivity contribution in [3.8, 4) is 0 Å². The number of hydrogen-bond donors (Lipinski definition) is 2. The number of amides is 1. The fourth-order valence-corrected chi connectivity index (χ4v) is 2.14. The number of para-hydroxylation sites is 1. The second kappa shape index (κ2) is 6.89. The van der Waals surface area contributed by atoms with Gasteiger partial charge in [0.05, 0.1) is 16.8 Å². The molecule has 0 saturated heterocycles. The third-order valence-electron chi connectivity index (χ3n) is 2.44. The molecule has 0 unspecified atom stereocenters. The first-order chi connectivity index (χ1) is 8.06. The SMILES string of the molecule is CSCC[C@H](N)C(=O)Nc1c(C)cccc1Cl. The van der Waals surface area contributed by atoms with Crippen LogP contribution < -0.4 is 11.1 Å². The molecule has 0 aliphatic carbocycles. The van der Waals surface area contributed by atoms with Crippen molar-refractivity contribution in [2.24, 2.45) is 5.73 Å². The smallest absolute Gasteiger partial charge is 0.241 e. The van der Waals surface area contributed by atoms with Gasteiger partial charge < -0.3 is 11.1 Å². The van der Waals surface area contributed by atoms with Gasteiger partial charge >= 0.3 is 0 Å². The first-order valence-corrected chi connectivity index (χ1v) is 7.14. The van der Waals surface area contributed by atoms with Gasteiger partial charge in [0.2, 0.25) is 5.91 Å². The van der Waals surface area contributed by atoms with Crippen molar-refractivity contribution < 1.29 is 4.79 Å². The number of carbonyl (C=O) groups is 1. The molecule has 1 aromatic rings. The largest absolute Gasteiger partial charge is 0.323 e. The summed E-state index contributed by atoms with van der Waals surface area (Å²) in [5.74, 6) is 0.686. The van der Waals surface area contributed by atoms with E-state index in [1.165, 1.54) is 0 Å². The number of aryl methyl sites for hydroxylation is 1. The molecule has 1 aromatic carbocycles. The second-order valence-corrected chi connectivity index (χ2v) is 5.20. The molecule has 0 saturated carbocycles. The summed E-state index contributed by atoms with van der Waals surface area (Å²) in [7, 11) is 0. The second-order valence-electron chi connectivity index (χ2n) is 3.81. The Labute approximate surface area is 111 Å². The molecule has 0 aliphatic heterocycles. The highest BCUT2D eigenvalue weighted by molar-refractivity contribution is 7.98. The summed E-state index contributed by atoms with van der Waals surface area (Å²) in [6.07, 6.45) is 2.65. The summed E-state index contributed by atoms with van der Waals surface area (Å²) >= 11 is 7.70. The minimum atomic E-state index is -0.488. The number of halogens is 1. The van der Waals surface area contributed by atoms with Gasteiger partial charge in [-0.2, -0.15) is 11.8 Å². The van der Waals surface area contributed by atoms with Crippen LogP contribution >= 0.6 is 23.4 Å². The van der Waals surface area contributed by atoms with Crippen LogP contribution in [0.5, 0.6) is 0 Å². The third-order valence-corrected chi connectivity index (χ3v) is 3.40. The lowest BCUT2D eigenvalue weighted by Gasteiger charge is -2.14. The lowest BCUT2D eigenvalue weighted by molar-refractivity contribution is -0.117. The van der Waals surface area contributed by atoms with Gasteiger partial charge in [-0.15, -0.1) is 0 Å². The normalized spacial score (nSPS) is 12.2. The molecule has 0 radical (unpaired) electrons. The quantitative estimate of drug-likeness (QED) is 0.866. The van der Waals surface area contributed by atoms with Gasteiger partial charge in [-0.05, 0) is 37.0 Å². The van der Waals surface area contributed by atoms with Crippen molar-refractivity contribution >= 4 is 35.0 Å². The number of anilines is 1. The minimum absolute atomic E-state index is 0.185. The van der Waals surface area contributed by atoms with E-state index in [1.54, 1.807) is 17.8 Å². The van der Waals surface area contributed by atoms with Crippen LogP contribution in [0.2, 0.25) is 5.02 Å². The van der Waals surface area contributed by atoms with Gasteiger partial charge in [-0.1, -0.05) is 23.7 Å². The zero-order chi connectivity index (χ0) is 12.8. The van der Waals surface area contributed by atoms with Crippen LogP contribution in [0.1, 0.15) is 12.0 Å². The fraction of sp³-hybridized carbons (Fsp3) is 0.417. The Balaban J connectivity index is 2.68. The molecule has 94 valence electrons. The standard InChI is InChI=1S/C12H17ClN2OS/c1-8-4-3-5-9(13)11(8)15-12(16)10(14)6-7-17-2/h3-5,10H,6-7,14H2,1-2H3,(H,15,16)/t10-/m0/s1. The van der Waals surface area contributed by atoms with E-state index in [0.29, 0.717) is 17.1 Å². The third kappa shape index (κ3) is 4.22. The number of nitrogens with one attached hydrogen (secondary N) is 1. The van der Waals surface area contributed by atoms with Crippen molar-refractivity contribution in [1.29, 1.82) is 0 Å². The molecule has 0 aliphatic rings. The maximum atomic E-state index is 11.8. The number of rotatable bonds is 5. The molecule has 1 rings (SSSR count). The molecule has 0 fully saturated rings. The van der Waals surface area contributed by atoms with Crippen LogP contribution in [-0.2, 0) is 4.79 Å². The van der Waals surface area contributed by atoms with Crippen molar-refractivity contribution in [2.45, 2.75) is 19.4 Å². The average molecular weight is 273 g/mol. The summed E-state index contributed by atoms with van der Waals surface area (Å²) in [6, 6.07) is 5.01. The molecule has 1 amide bonds. The Morgan fingerprint density at radius 3 is 2.88 bits per heavy atom. The number of carbonyl (C=O) groups excluding carboxylic acids is 1. The Morgan fingerprint density at radius 1 is 1.59 bits per heavy atom. The van der Waals surface area contributed by atoms with E-state index in [0.717, 1.165) is 11.3 Å². The topological polar surface area (TPSA) is 55.1 Å². The summed E-state index contributed by atoms with van der Waals surface area (Å²) in [4.78, 5) is 11.8. The van der Waals surface area contributed by atoms with Gasteiger partial charge in [0, 0.05) is 0 Å². The molecule has 0 spiro atoms. The summed E-state index contributed by atoms with van der Waals surface area (Å²) in [5.41, 5.74) is 7.37. The molecule has 0 heterocycles. The van der Waals surface area contributed by atoms with Crippen LogP contribution in [0.25, 0.3) is 0 Å². The van der Waals surface area contributed by atoms with Crippen LogP contribution in [0.4, 0.5) is 5.69 Å². The number of hydrogen-bond acceptors (Lipinski definition) is 3. The zero-order valence-corrected chi connectivity index (χ0v) is 11.6. The van der Waals surface area contributed by atoms with Crippen molar-refractivity contribution in [1.82, 2.24) is 0 Å². The molecule has 17 heavy (non-hydrogen) atoms. The number of thioether (sulfide) groups is 1. The van der Waals surface area contributed by atoms with E-state index >= 15 is 0 Å². The summed E-state index contributed by atoms with van der Waals surface area (Å²) in [5, 5.41) is 3.32. The van der Waals surface area contributed by atoms with Crippen LogP contribution in [0.3, 0.4) is 0 Å². The molecule has 5 heteroatoms. The van der Waals surface area contributed by atoms with Gasteiger partial charge in [-0.25, -0.2) is 0 Å². The molecule has 0 bridgehead atoms. The van der Waals surface area contributed by atoms with E-state index < -0.39 is 6.04 Å². The fourth-order valence-electron chi connectivity index (χ4n) is 1.38. The summed E-state index contributed by atoms with van der Waals surface area (Å²) in [6.45, 7) is 1.90. The van der Waals surface area contributed by atoms with Gasteiger partial charge in [0.25, 0.3) is 0 Å². The maximum absolute atomic E-state index is 11.8. The average Bonchev–Trinajstić information content (AvgIpc) is 2.30. The summed E-state index contributed by atoms with van der Waals surface area (Å²) < 4.78 is 0. The van der Waals surface area contributed by atoms with Crippen LogP contribution in [0, 0.1) is 6.92 Å². The first kappa shape index (κ1) is 14.4. The van der Waals surface area contributed by atoms with Gasteiger partial charge in [0.15, 0.2) is 0 Å². The Kier molecular flexibility index (Phi) is 5.82. The molecular formula is C12H17ClN2OS. The van der Waals surface area contributed by atoms with E-state index in [4.69, 9.17) is 17.3 Å². The van der Waals surface area contributed by atoms with E-state index in [-0.39, 0.29) is 5.91 Å². The lowest BCUT2D eigenvalue weighted by Crippen LogP contribution is -2.36. The highest BCUT2D eigenvalue weighted by Gasteiger charge is 2.15. The maximum Gasteiger partial charge on any atom is 0.241 e. The monoisotopic (exact) mass is 272 g/mol. The Hall–Kier alpha value is -0.710. The Morgan fingerprint density at radius 2 is 2.29 bits per heavy atom. The van der Waals surface area contributed by atoms with Crippen molar-refractivity contribution in [2.75, 3.05) is 17.3 Å². The van der Waals surface area contributed by atoms with Crippen molar-refractivity contribution in [3.63, 3.8) is 0 Å². The lowest BCUT2D eigenvalue weighted by atomic mass is 10.1. The predicted octanol–water partition coefficient (Wildman–Crippen LogP) is 2.67. The number of benzene rings is 1. The highest BCUT2D eigenvalue weighted by atomic mass is 35.5. The Bertz CT molecular complexity index is 378. The number of nitrogens with two attached hydrogens (primary N) is 1. The minimum Gasteiger partial charge on any atom is -0.323 e. The molecule has 3 N–H and O–H groups in total. The highest BCUT2D eigenvalue weighted by Crippen LogP contribution is 2.25. The first-order valence-electron chi connectivity index (χ1n) is 5.36.